The molecule has 5 nitrogen and oxygen atoms in total. The molecular weight excluding hydrogens is 184 g/mol. The number of hydrogen-bond donors (Lipinski definition) is 3. The molecule has 3 N–H and O–H groups in total. The summed E-state index contributed by atoms with van der Waals surface area (Å²) < 4.78 is 0. The van der Waals surface area contributed by atoms with Gasteiger partial charge in [0.1, 0.15) is 0 Å². The Morgan fingerprint density at radius 2 is 1.93 bits per heavy atom. The highest BCUT2D eigenvalue weighted by Gasteiger charge is 2.36. The van der Waals surface area contributed by atoms with Crippen molar-refractivity contribution in [1.29, 1.82) is 0 Å². The number of β-amino-alcohol motifs (C(OH)–C–C–N with tert-alkyl or cyclic N) is 2. The van der Waals surface area contributed by atoms with Crippen LogP contribution in [0.1, 0.15) is 12.8 Å². The van der Waals surface area contributed by atoms with Crippen molar-refractivity contribution in [3.05, 3.63) is 0 Å². The highest BCUT2D eigenvalue weighted by atomic mass is 16.3. The predicted octanol–water partition coefficient (Wildman–Crippen LogP) is -1.70. The smallest absolute Gasteiger partial charge is 0.239 e. The summed E-state index contributed by atoms with van der Waals surface area (Å²) in [5, 5.41) is 21.7. The van der Waals surface area contributed by atoms with Crippen LogP contribution in [0.15, 0.2) is 0 Å². The van der Waals surface area contributed by atoms with E-state index in [0.29, 0.717) is 0 Å². The zero-order valence-corrected chi connectivity index (χ0v) is 8.02. The molecule has 1 amide bonds. The van der Waals surface area contributed by atoms with Gasteiger partial charge in [0.25, 0.3) is 0 Å². The molecule has 0 spiro atoms. The van der Waals surface area contributed by atoms with Crippen LogP contribution in [-0.2, 0) is 4.79 Å². The second-order valence-electron chi connectivity index (χ2n) is 4.03. The topological polar surface area (TPSA) is 72.8 Å². The number of likely N-dealkylation sites (tertiary alicyclic amines) is 1. The fraction of sp³-hybridized carbons (Fsp3) is 0.889. The summed E-state index contributed by atoms with van der Waals surface area (Å²) in [5.74, 6) is 0.0121. The summed E-state index contributed by atoms with van der Waals surface area (Å²) in [5.41, 5.74) is 0. The van der Waals surface area contributed by atoms with Gasteiger partial charge in [-0.15, -0.1) is 0 Å². The van der Waals surface area contributed by atoms with Gasteiger partial charge in [0, 0.05) is 13.1 Å². The van der Waals surface area contributed by atoms with Gasteiger partial charge in [0.2, 0.25) is 5.91 Å². The van der Waals surface area contributed by atoms with E-state index in [1.807, 2.05) is 0 Å². The number of aliphatic hydroxyl groups excluding tert-OH is 2. The summed E-state index contributed by atoms with van der Waals surface area (Å²) in [7, 11) is 0. The number of nitrogens with zero attached hydrogens (tertiary/aromatic N) is 1. The highest BCUT2D eigenvalue weighted by molar-refractivity contribution is 5.82. The third-order valence-corrected chi connectivity index (χ3v) is 2.93. The number of carbonyl (C=O) groups is 1. The van der Waals surface area contributed by atoms with Gasteiger partial charge in [0.05, 0.1) is 18.2 Å². The van der Waals surface area contributed by atoms with E-state index >= 15 is 0 Å². The standard InChI is InChI=1S/C9H16N2O3/c12-7-4-11(5-8(7)13)9(14)6-2-1-3-10-6/h6-8,10,12-13H,1-5H2/t6-,7?,8?/m1/s1. The van der Waals surface area contributed by atoms with Crippen molar-refractivity contribution < 1.29 is 15.0 Å². The third kappa shape index (κ3) is 1.75. The van der Waals surface area contributed by atoms with E-state index in [1.54, 1.807) is 4.90 Å². The van der Waals surface area contributed by atoms with Gasteiger partial charge < -0.3 is 20.4 Å². The number of amides is 1. The highest BCUT2D eigenvalue weighted by Crippen LogP contribution is 2.14. The molecule has 2 fully saturated rings. The summed E-state index contributed by atoms with van der Waals surface area (Å²) in [6, 6.07) is -0.104. The lowest BCUT2D eigenvalue weighted by atomic mass is 10.2. The largest absolute Gasteiger partial charge is 0.388 e. The normalized spacial score (nSPS) is 37.9. The average molecular weight is 200 g/mol. The minimum absolute atomic E-state index is 0.0121. The van der Waals surface area contributed by atoms with Crippen LogP contribution < -0.4 is 5.32 Å². The number of aliphatic hydroxyl groups is 2. The maximum absolute atomic E-state index is 11.8. The average Bonchev–Trinajstić information content (AvgIpc) is 2.76. The molecule has 0 aromatic rings. The molecule has 0 saturated carbocycles. The molecular formula is C9H16N2O3. The first kappa shape index (κ1) is 9.89. The minimum Gasteiger partial charge on any atom is -0.388 e. The molecule has 0 aromatic carbocycles. The van der Waals surface area contributed by atoms with Gasteiger partial charge in [-0.1, -0.05) is 0 Å². The molecule has 0 bridgehead atoms. The first-order valence-electron chi connectivity index (χ1n) is 5.07. The van der Waals surface area contributed by atoms with Crippen LogP contribution in [0, 0.1) is 0 Å². The summed E-state index contributed by atoms with van der Waals surface area (Å²) >= 11 is 0. The Morgan fingerprint density at radius 1 is 1.29 bits per heavy atom. The van der Waals surface area contributed by atoms with Crippen molar-refractivity contribution in [2.45, 2.75) is 31.1 Å². The van der Waals surface area contributed by atoms with Crippen molar-refractivity contribution in [3.63, 3.8) is 0 Å². The lowest BCUT2D eigenvalue weighted by Gasteiger charge is -2.19. The van der Waals surface area contributed by atoms with E-state index in [2.05, 4.69) is 5.32 Å². The Labute approximate surface area is 82.7 Å². The number of carbonyl (C=O) groups excluding carboxylic acids is 1. The molecule has 2 unspecified atom stereocenters. The van der Waals surface area contributed by atoms with Crippen molar-refractivity contribution in [3.8, 4) is 0 Å². The van der Waals surface area contributed by atoms with Gasteiger partial charge in [-0.25, -0.2) is 0 Å². The van der Waals surface area contributed by atoms with Crippen molar-refractivity contribution in [1.82, 2.24) is 10.2 Å². The van der Waals surface area contributed by atoms with E-state index in [1.165, 1.54) is 0 Å². The summed E-state index contributed by atoms with van der Waals surface area (Å²) in [6.07, 6.45) is 0.331. The first-order valence-corrected chi connectivity index (χ1v) is 5.07. The maximum Gasteiger partial charge on any atom is 0.239 e. The van der Waals surface area contributed by atoms with Crippen LogP contribution in [0.3, 0.4) is 0 Å². The number of rotatable bonds is 1. The lowest BCUT2D eigenvalue weighted by Crippen LogP contribution is -2.43. The Balaban J connectivity index is 1.92. The monoisotopic (exact) mass is 200 g/mol. The summed E-state index contributed by atoms with van der Waals surface area (Å²) in [4.78, 5) is 13.3. The minimum atomic E-state index is -0.777. The predicted molar refractivity (Wildman–Crippen MR) is 49.6 cm³/mol. The lowest BCUT2D eigenvalue weighted by molar-refractivity contribution is -0.132. The Hall–Kier alpha value is -0.650. The van der Waals surface area contributed by atoms with E-state index in [0.717, 1.165) is 19.4 Å². The van der Waals surface area contributed by atoms with Crippen molar-refractivity contribution in [2.75, 3.05) is 19.6 Å². The quantitative estimate of drug-likeness (QED) is 0.472. The molecule has 14 heavy (non-hydrogen) atoms. The van der Waals surface area contributed by atoms with Crippen LogP contribution in [0.25, 0.3) is 0 Å². The maximum atomic E-state index is 11.8. The molecule has 5 heteroatoms. The fourth-order valence-corrected chi connectivity index (χ4v) is 2.07. The number of nitrogens with one attached hydrogen (secondary N) is 1. The third-order valence-electron chi connectivity index (χ3n) is 2.93. The van der Waals surface area contributed by atoms with Crippen LogP contribution >= 0.6 is 0 Å². The van der Waals surface area contributed by atoms with E-state index in [-0.39, 0.29) is 25.0 Å². The fourth-order valence-electron chi connectivity index (χ4n) is 2.07. The zero-order valence-electron chi connectivity index (χ0n) is 8.02. The van der Waals surface area contributed by atoms with Gasteiger partial charge in [-0.2, -0.15) is 0 Å². The Kier molecular flexibility index (Phi) is 2.71. The molecule has 0 radical (unpaired) electrons. The molecule has 80 valence electrons. The van der Waals surface area contributed by atoms with E-state index in [4.69, 9.17) is 0 Å². The van der Waals surface area contributed by atoms with Crippen molar-refractivity contribution >= 4 is 5.91 Å². The first-order chi connectivity index (χ1) is 6.68. The van der Waals surface area contributed by atoms with Crippen LogP contribution in [0.4, 0.5) is 0 Å². The zero-order chi connectivity index (χ0) is 10.1. The molecule has 0 aromatic heterocycles. The summed E-state index contributed by atoms with van der Waals surface area (Å²) in [6.45, 7) is 1.41. The molecule has 2 heterocycles. The van der Waals surface area contributed by atoms with E-state index in [9.17, 15) is 15.0 Å². The Bertz CT molecular complexity index is 218. The second kappa shape index (κ2) is 3.84. The van der Waals surface area contributed by atoms with Crippen molar-refractivity contribution in [2.24, 2.45) is 0 Å². The van der Waals surface area contributed by atoms with Gasteiger partial charge in [-0.3, -0.25) is 4.79 Å². The van der Waals surface area contributed by atoms with Crippen LogP contribution in [-0.4, -0.2) is 58.9 Å². The van der Waals surface area contributed by atoms with Gasteiger partial charge in [-0.05, 0) is 19.4 Å². The molecule has 2 saturated heterocycles. The molecule has 2 aliphatic rings. The molecule has 0 aliphatic carbocycles. The van der Waals surface area contributed by atoms with Crippen LogP contribution in [0.2, 0.25) is 0 Å². The van der Waals surface area contributed by atoms with Crippen LogP contribution in [0.5, 0.6) is 0 Å². The SMILES string of the molecule is O=C([C@H]1CCCN1)N1CC(O)C(O)C1. The number of hydrogen-bond acceptors (Lipinski definition) is 4. The van der Waals surface area contributed by atoms with Gasteiger partial charge >= 0.3 is 0 Å². The van der Waals surface area contributed by atoms with E-state index < -0.39 is 12.2 Å². The Morgan fingerprint density at radius 3 is 2.43 bits per heavy atom. The molecule has 2 rings (SSSR count). The second-order valence-corrected chi connectivity index (χ2v) is 4.03. The molecule has 3 atom stereocenters. The molecule has 2 aliphatic heterocycles. The van der Waals surface area contributed by atoms with Gasteiger partial charge in [0.15, 0.2) is 0 Å².